The molecular weight excluding hydrogens is 793 g/mol. The number of aryl methyl sites for hydroxylation is 1. The standard InChI is InChI=1S/C9H16N4O.C2H6.C2H5.2U.Y/c1-6(5-8(14)10-3)9-7(2)13(4)12-11-9;2*1-2;;;/h6H,5H2,1-4H3,(H,10,14);1-2H3;1H2,2H3;;;/q;;-1;;;/p-1. The molecule has 1 rings (SSSR count). The van der Waals surface area contributed by atoms with Crippen molar-refractivity contribution < 1.29 is 99.7 Å². The van der Waals surface area contributed by atoms with Crippen LogP contribution in [0.1, 0.15) is 51.4 Å². The summed E-state index contributed by atoms with van der Waals surface area (Å²) in [5.74, 6) is -0.0116. The Morgan fingerprint density at radius 1 is 1.33 bits per heavy atom. The first-order valence-corrected chi connectivity index (χ1v) is 6.25. The normalized spacial score (nSPS) is 8.95. The number of hydrogen-bond donors (Lipinski definition) is 0. The van der Waals surface area contributed by atoms with E-state index in [9.17, 15) is 4.79 Å². The van der Waals surface area contributed by atoms with E-state index in [2.05, 4.69) is 22.6 Å². The first-order chi connectivity index (χ1) is 8.56. The summed E-state index contributed by atoms with van der Waals surface area (Å²) >= 11 is 0. The van der Waals surface area contributed by atoms with Crippen molar-refractivity contribution in [1.29, 1.82) is 0 Å². The fraction of sp³-hybridized carbons (Fsp3) is 0.692. The second-order valence-electron chi connectivity index (χ2n) is 3.41. The third-order valence-electron chi connectivity index (χ3n) is 2.34. The van der Waals surface area contributed by atoms with E-state index >= 15 is 0 Å². The molecular formula is C13H26N4OU2Y-2. The van der Waals surface area contributed by atoms with Crippen LogP contribution >= 0.6 is 0 Å². The van der Waals surface area contributed by atoms with Crippen LogP contribution in [0.5, 0.6) is 0 Å². The van der Waals surface area contributed by atoms with Gasteiger partial charge >= 0.3 is 0 Å². The van der Waals surface area contributed by atoms with Crippen LogP contribution in [-0.4, -0.2) is 27.9 Å². The van der Waals surface area contributed by atoms with Gasteiger partial charge in [-0.25, -0.2) is 0 Å². The summed E-state index contributed by atoms with van der Waals surface area (Å²) < 4.78 is 1.71. The largest absolute Gasteiger partial charge is 0.656 e. The molecule has 0 fully saturated rings. The maximum absolute atomic E-state index is 11.1. The Hall–Kier alpha value is 1.82. The zero-order valence-electron chi connectivity index (χ0n) is 14.3. The minimum absolute atomic E-state index is 0. The van der Waals surface area contributed by atoms with E-state index in [0.29, 0.717) is 6.42 Å². The van der Waals surface area contributed by atoms with Gasteiger partial charge in [-0.3, -0.25) is 4.68 Å². The van der Waals surface area contributed by atoms with E-state index in [1.54, 1.807) is 11.6 Å². The van der Waals surface area contributed by atoms with Gasteiger partial charge in [0.15, 0.2) is 0 Å². The number of carbonyl (C=O) groups excluding carboxylic acids is 1. The predicted molar refractivity (Wildman–Crippen MR) is 75.4 cm³/mol. The summed E-state index contributed by atoms with van der Waals surface area (Å²) in [6.45, 7) is 12.9. The Balaban J connectivity index is -0.000000112. The van der Waals surface area contributed by atoms with Crippen molar-refractivity contribution in [2.24, 2.45) is 7.05 Å². The van der Waals surface area contributed by atoms with E-state index < -0.39 is 0 Å². The van der Waals surface area contributed by atoms with Gasteiger partial charge in [0.25, 0.3) is 0 Å². The second-order valence-corrected chi connectivity index (χ2v) is 3.41. The summed E-state index contributed by atoms with van der Waals surface area (Å²) in [6, 6.07) is 0. The number of aromatic nitrogens is 3. The molecule has 1 unspecified atom stereocenters. The Bertz CT molecular complexity index is 349. The van der Waals surface area contributed by atoms with Crippen molar-refractivity contribution in [3.63, 3.8) is 0 Å². The van der Waals surface area contributed by atoms with Crippen molar-refractivity contribution in [2.75, 3.05) is 7.05 Å². The third kappa shape index (κ3) is 13.9. The van der Waals surface area contributed by atoms with Crippen LogP contribution in [0.4, 0.5) is 0 Å². The number of amides is 1. The zero-order chi connectivity index (χ0) is 14.7. The van der Waals surface area contributed by atoms with E-state index in [0.717, 1.165) is 11.4 Å². The smallest absolute Gasteiger partial charge is 0.0888 e. The molecule has 0 N–H and O–H groups in total. The summed E-state index contributed by atoms with van der Waals surface area (Å²) in [4.78, 5) is 11.1. The fourth-order valence-electron chi connectivity index (χ4n) is 1.33. The van der Waals surface area contributed by atoms with Crippen LogP contribution in [-0.2, 0) is 44.6 Å². The Kier molecular flexibility index (Phi) is 35.5. The number of rotatable bonds is 3. The van der Waals surface area contributed by atoms with Crippen molar-refractivity contribution in [2.45, 2.75) is 47.0 Å². The molecule has 1 amide bonds. The molecule has 0 aliphatic heterocycles. The Morgan fingerprint density at radius 2 is 1.76 bits per heavy atom. The molecule has 0 aliphatic carbocycles. The van der Waals surface area contributed by atoms with Gasteiger partial charge in [-0.1, -0.05) is 26.0 Å². The Morgan fingerprint density at radius 3 is 2.05 bits per heavy atom. The van der Waals surface area contributed by atoms with E-state index in [-0.39, 0.29) is 107 Å². The van der Waals surface area contributed by atoms with Crippen LogP contribution in [0.25, 0.3) is 5.32 Å². The molecule has 0 saturated heterocycles. The fourth-order valence-corrected chi connectivity index (χ4v) is 1.33. The van der Waals surface area contributed by atoms with Crippen LogP contribution in [0.3, 0.4) is 0 Å². The molecule has 8 heteroatoms. The molecule has 5 nitrogen and oxygen atoms in total. The number of carbonyl (C=O) groups is 1. The van der Waals surface area contributed by atoms with Crippen LogP contribution in [0, 0.1) is 76.1 Å². The topological polar surface area (TPSA) is 61.9 Å². The quantitative estimate of drug-likeness (QED) is 0.442. The average Bonchev–Trinajstić information content (AvgIpc) is 2.74. The van der Waals surface area contributed by atoms with Crippen LogP contribution in [0.15, 0.2) is 0 Å². The summed E-state index contributed by atoms with van der Waals surface area (Å²) in [5, 5.41) is 11.5. The van der Waals surface area contributed by atoms with Gasteiger partial charge < -0.3 is 17.0 Å². The molecule has 0 saturated carbocycles. The van der Waals surface area contributed by atoms with Crippen LogP contribution in [0.2, 0.25) is 0 Å². The molecule has 0 aliphatic rings. The van der Waals surface area contributed by atoms with Crippen LogP contribution < -0.4 is 0 Å². The Labute approximate surface area is 202 Å². The average molecular weight is 819 g/mol. The van der Waals surface area contributed by atoms with Gasteiger partial charge in [-0.15, -0.1) is 12.1 Å². The molecule has 0 aromatic carbocycles. The van der Waals surface area contributed by atoms with Crippen molar-refractivity contribution >= 4 is 5.91 Å². The number of hydrogen-bond acceptors (Lipinski definition) is 3. The molecule has 1 aromatic heterocycles. The van der Waals surface area contributed by atoms with E-state index in [1.165, 1.54) is 7.05 Å². The molecule has 0 spiro atoms. The maximum Gasteiger partial charge on any atom is 0.0888 e. The molecule has 21 heavy (non-hydrogen) atoms. The summed E-state index contributed by atoms with van der Waals surface area (Å²) in [5.41, 5.74) is 1.88. The van der Waals surface area contributed by atoms with Gasteiger partial charge in [-0.2, -0.15) is 6.92 Å². The van der Waals surface area contributed by atoms with Crippen molar-refractivity contribution in [3.05, 3.63) is 23.6 Å². The molecule has 117 valence electrons. The third-order valence-corrected chi connectivity index (χ3v) is 2.34. The van der Waals surface area contributed by atoms with Crippen molar-refractivity contribution in [1.82, 2.24) is 15.0 Å². The maximum atomic E-state index is 11.1. The minimum Gasteiger partial charge on any atom is -0.656 e. The van der Waals surface area contributed by atoms with Gasteiger partial charge in [0.05, 0.1) is 17.3 Å². The number of nitrogens with zero attached hydrogens (tertiary/aromatic N) is 4. The van der Waals surface area contributed by atoms with Gasteiger partial charge in [0.1, 0.15) is 0 Å². The molecule has 0 bridgehead atoms. The molecule has 1 aromatic rings. The SMILES string of the molecule is CC.C[N-]C(=O)CC(C)c1nnn(C)c1C.[CH2-]C.[U].[U].[Y]. The molecule has 1 radical (unpaired) electrons. The van der Waals surface area contributed by atoms with Gasteiger partial charge in [0.2, 0.25) is 0 Å². The van der Waals surface area contributed by atoms with Crippen molar-refractivity contribution in [3.8, 4) is 0 Å². The van der Waals surface area contributed by atoms with Gasteiger partial charge in [-0.05, 0) is 13.3 Å². The first-order valence-electron chi connectivity index (χ1n) is 6.25. The minimum atomic E-state index is -0.0949. The predicted octanol–water partition coefficient (Wildman–Crippen LogP) is 3.01. The second kappa shape index (κ2) is 21.8. The molecule has 1 atom stereocenters. The van der Waals surface area contributed by atoms with E-state index in [4.69, 9.17) is 0 Å². The summed E-state index contributed by atoms with van der Waals surface area (Å²) in [6.07, 6.45) is 0.399. The zero-order valence-corrected chi connectivity index (χ0v) is 25.4. The van der Waals surface area contributed by atoms with E-state index in [1.807, 2.05) is 34.7 Å². The summed E-state index contributed by atoms with van der Waals surface area (Å²) in [7, 11) is 3.35. The first kappa shape index (κ1) is 34.2. The monoisotopic (exact) mass is 819 g/mol. The van der Waals surface area contributed by atoms with Gasteiger partial charge in [0, 0.05) is 108 Å². The molecule has 1 heterocycles.